The fourth-order valence-electron chi connectivity index (χ4n) is 8.60. The van der Waals surface area contributed by atoms with E-state index in [-0.39, 0.29) is 0 Å². The minimum atomic E-state index is 0.696. The van der Waals surface area contributed by atoms with E-state index in [1.807, 2.05) is 30.5 Å². The zero-order valence-corrected chi connectivity index (χ0v) is 31.5. The average Bonchev–Trinajstić information content (AvgIpc) is 3.31. The molecule has 0 bridgehead atoms. The minimum Gasteiger partial charge on any atom is -0.256 e. The molecule has 0 aliphatic heterocycles. The fraction of sp³-hybridized carbons (Fsp3) is 0. The molecule has 9 aromatic carbocycles. The molecule has 0 unspecified atom stereocenters. The molecule has 0 N–H and O–H groups in total. The summed E-state index contributed by atoms with van der Waals surface area (Å²) in [6, 6.07) is 73.3. The Morgan fingerprint density at radius 3 is 1.52 bits per heavy atom. The lowest BCUT2D eigenvalue weighted by atomic mass is 9.84. The van der Waals surface area contributed by atoms with Gasteiger partial charge in [-0.1, -0.05) is 188 Å². The van der Waals surface area contributed by atoms with Gasteiger partial charge in [-0.25, -0.2) is 9.97 Å². The molecule has 3 nitrogen and oxygen atoms in total. The van der Waals surface area contributed by atoms with Gasteiger partial charge < -0.3 is 0 Å². The predicted octanol–water partition coefficient (Wildman–Crippen LogP) is 14.5. The fourth-order valence-corrected chi connectivity index (χ4v) is 8.60. The lowest BCUT2D eigenvalue weighted by Gasteiger charge is -2.19. The molecule has 0 spiro atoms. The Balaban J connectivity index is 1.05. The van der Waals surface area contributed by atoms with E-state index in [1.54, 1.807) is 0 Å². The van der Waals surface area contributed by atoms with E-state index in [9.17, 15) is 0 Å². The van der Waals surface area contributed by atoms with Crippen LogP contribution in [-0.2, 0) is 0 Å². The first-order valence-electron chi connectivity index (χ1n) is 19.7. The third-order valence-electron chi connectivity index (χ3n) is 11.3. The molecule has 0 saturated heterocycles. The number of aromatic nitrogens is 3. The Kier molecular flexibility index (Phi) is 8.15. The van der Waals surface area contributed by atoms with Gasteiger partial charge in [-0.2, -0.15) is 0 Å². The van der Waals surface area contributed by atoms with Crippen LogP contribution in [0.15, 0.2) is 212 Å². The molecule has 270 valence electrons. The second-order valence-corrected chi connectivity index (χ2v) is 14.7. The normalized spacial score (nSPS) is 11.4. The first kappa shape index (κ1) is 33.6. The maximum Gasteiger partial charge on any atom is 0.160 e. The molecule has 0 atom stereocenters. The van der Waals surface area contributed by atoms with Gasteiger partial charge in [0.1, 0.15) is 0 Å². The van der Waals surface area contributed by atoms with Crippen LogP contribution < -0.4 is 0 Å². The molecule has 0 aliphatic rings. The lowest BCUT2D eigenvalue weighted by molar-refractivity contribution is 1.18. The molecule has 11 aromatic rings. The summed E-state index contributed by atoms with van der Waals surface area (Å²) < 4.78 is 0. The monoisotopic (exact) mass is 737 g/mol. The van der Waals surface area contributed by atoms with E-state index in [0.29, 0.717) is 5.82 Å². The van der Waals surface area contributed by atoms with Gasteiger partial charge in [0.25, 0.3) is 0 Å². The molecule has 0 amide bonds. The van der Waals surface area contributed by atoms with Crippen molar-refractivity contribution in [2.24, 2.45) is 0 Å². The molecule has 0 saturated carbocycles. The van der Waals surface area contributed by atoms with E-state index in [1.165, 1.54) is 49.0 Å². The van der Waals surface area contributed by atoms with Crippen molar-refractivity contribution in [2.45, 2.75) is 0 Å². The molecule has 11 rings (SSSR count). The largest absolute Gasteiger partial charge is 0.256 e. The molecule has 2 aromatic heterocycles. The summed E-state index contributed by atoms with van der Waals surface area (Å²) in [4.78, 5) is 14.9. The summed E-state index contributed by atoms with van der Waals surface area (Å²) >= 11 is 0. The Morgan fingerprint density at radius 2 is 0.828 bits per heavy atom. The third-order valence-corrected chi connectivity index (χ3v) is 11.3. The summed E-state index contributed by atoms with van der Waals surface area (Å²) in [6.07, 6.45) is 1.88. The second kappa shape index (κ2) is 14.1. The number of rotatable bonds is 6. The highest BCUT2D eigenvalue weighted by Gasteiger charge is 2.19. The van der Waals surface area contributed by atoms with Gasteiger partial charge in [-0.15, -0.1) is 0 Å². The molecular formula is C55H35N3. The van der Waals surface area contributed by atoms with Crippen molar-refractivity contribution in [2.75, 3.05) is 0 Å². The molecule has 0 radical (unpaired) electrons. The number of hydrogen-bond acceptors (Lipinski definition) is 3. The average molecular weight is 738 g/mol. The first-order valence-corrected chi connectivity index (χ1v) is 19.7. The standard InChI is InChI=1S/C55H35N3/c1-3-14-40(15-4-1)53-47-21-10-9-20-46(47)52(48-32-31-36-13-7-8-18-44(36)54(48)53)41-29-27-39(28-30-41)51-35-50(57-55(58-51)42-16-5-2-6-17-42)38-25-23-37(24-26-38)43-33-34-56-49-22-12-11-19-45(43)49/h1-35H. The predicted molar refractivity (Wildman–Crippen MR) is 242 cm³/mol. The number of para-hydroxylation sites is 1. The maximum absolute atomic E-state index is 5.16. The highest BCUT2D eigenvalue weighted by atomic mass is 14.9. The molecule has 58 heavy (non-hydrogen) atoms. The molecule has 3 heteroatoms. The van der Waals surface area contributed by atoms with E-state index in [4.69, 9.17) is 9.97 Å². The Bertz CT molecular complexity index is 3300. The second-order valence-electron chi connectivity index (χ2n) is 14.7. The van der Waals surface area contributed by atoms with E-state index >= 15 is 0 Å². The van der Waals surface area contributed by atoms with Crippen LogP contribution in [-0.4, -0.2) is 15.0 Å². The van der Waals surface area contributed by atoms with Gasteiger partial charge in [-0.3, -0.25) is 4.98 Å². The van der Waals surface area contributed by atoms with Crippen LogP contribution >= 0.6 is 0 Å². The van der Waals surface area contributed by atoms with Gasteiger partial charge >= 0.3 is 0 Å². The van der Waals surface area contributed by atoms with E-state index < -0.39 is 0 Å². The third kappa shape index (κ3) is 5.80. The molecule has 0 fully saturated rings. The van der Waals surface area contributed by atoms with Crippen molar-refractivity contribution in [1.29, 1.82) is 0 Å². The van der Waals surface area contributed by atoms with Crippen molar-refractivity contribution in [3.05, 3.63) is 212 Å². The van der Waals surface area contributed by atoms with Gasteiger partial charge in [0.2, 0.25) is 0 Å². The van der Waals surface area contributed by atoms with Crippen LogP contribution in [0.3, 0.4) is 0 Å². The zero-order valence-electron chi connectivity index (χ0n) is 31.5. The molecule has 2 heterocycles. The van der Waals surface area contributed by atoms with E-state index in [0.717, 1.165) is 55.7 Å². The van der Waals surface area contributed by atoms with Crippen molar-refractivity contribution in [3.8, 4) is 67.3 Å². The van der Waals surface area contributed by atoms with Crippen molar-refractivity contribution < 1.29 is 0 Å². The Labute approximate surface area is 336 Å². The van der Waals surface area contributed by atoms with Crippen molar-refractivity contribution in [3.63, 3.8) is 0 Å². The molecule has 0 aliphatic carbocycles. The van der Waals surface area contributed by atoms with Crippen molar-refractivity contribution in [1.82, 2.24) is 15.0 Å². The number of fused-ring (bicyclic) bond motifs is 5. The molecular weight excluding hydrogens is 703 g/mol. The SMILES string of the molecule is c1ccc(-c2nc(-c3ccc(-c4ccnc5ccccc45)cc3)cc(-c3ccc(-c4c5ccccc5c(-c5ccccc5)c5c4ccc4ccccc45)cc3)n2)cc1. The van der Waals surface area contributed by atoms with Crippen LogP contribution in [0, 0.1) is 0 Å². The van der Waals surface area contributed by atoms with E-state index in [2.05, 4.69) is 187 Å². The Hall–Kier alpha value is -7.75. The smallest absolute Gasteiger partial charge is 0.160 e. The first-order chi connectivity index (χ1) is 28.8. The van der Waals surface area contributed by atoms with Gasteiger partial charge in [0.15, 0.2) is 5.82 Å². The number of nitrogens with zero attached hydrogens (tertiary/aromatic N) is 3. The van der Waals surface area contributed by atoms with Gasteiger partial charge in [0, 0.05) is 28.3 Å². The zero-order chi connectivity index (χ0) is 38.4. The summed E-state index contributed by atoms with van der Waals surface area (Å²) in [5.41, 5.74) is 13.0. The van der Waals surface area contributed by atoms with Gasteiger partial charge in [-0.05, 0) is 83.9 Å². The highest BCUT2D eigenvalue weighted by molar-refractivity contribution is 6.27. The summed E-state index contributed by atoms with van der Waals surface area (Å²) in [6.45, 7) is 0. The van der Waals surface area contributed by atoms with Crippen LogP contribution in [0.1, 0.15) is 0 Å². The highest BCUT2D eigenvalue weighted by Crippen LogP contribution is 2.46. The minimum absolute atomic E-state index is 0.696. The summed E-state index contributed by atoms with van der Waals surface area (Å²) in [5, 5.41) is 8.62. The maximum atomic E-state index is 5.16. The number of pyridine rings is 1. The Morgan fingerprint density at radius 1 is 0.310 bits per heavy atom. The van der Waals surface area contributed by atoms with Gasteiger partial charge in [0.05, 0.1) is 16.9 Å². The number of benzene rings is 9. The quantitative estimate of drug-likeness (QED) is 0.126. The van der Waals surface area contributed by atoms with Crippen LogP contribution in [0.2, 0.25) is 0 Å². The number of hydrogen-bond donors (Lipinski definition) is 0. The van der Waals surface area contributed by atoms with Crippen LogP contribution in [0.25, 0.3) is 111 Å². The van der Waals surface area contributed by atoms with Crippen molar-refractivity contribution >= 4 is 43.2 Å². The van der Waals surface area contributed by atoms with Crippen LogP contribution in [0.5, 0.6) is 0 Å². The summed E-state index contributed by atoms with van der Waals surface area (Å²) in [7, 11) is 0. The summed E-state index contributed by atoms with van der Waals surface area (Å²) in [5.74, 6) is 0.696. The van der Waals surface area contributed by atoms with Crippen LogP contribution in [0.4, 0.5) is 0 Å². The lowest BCUT2D eigenvalue weighted by Crippen LogP contribution is -1.96. The topological polar surface area (TPSA) is 38.7 Å².